The predicted octanol–water partition coefficient (Wildman–Crippen LogP) is 3.81. The topological polar surface area (TPSA) is 72.5 Å². The number of anilines is 3. The molecule has 3 aromatic rings. The lowest BCUT2D eigenvalue weighted by Crippen LogP contribution is -2.12. The van der Waals surface area contributed by atoms with Gasteiger partial charge in [0.05, 0.1) is 11.9 Å². The quantitative estimate of drug-likeness (QED) is 0.760. The summed E-state index contributed by atoms with van der Waals surface area (Å²) < 4.78 is 10.5. The number of rotatable bonds is 4. The normalized spacial score (nSPS) is 11.8. The third-order valence-electron chi connectivity index (χ3n) is 3.70. The summed E-state index contributed by atoms with van der Waals surface area (Å²) in [6.45, 7) is 0.178. The highest BCUT2D eigenvalue weighted by Crippen LogP contribution is 2.32. The molecule has 2 aromatic carbocycles. The molecule has 25 heavy (non-hydrogen) atoms. The van der Waals surface area contributed by atoms with E-state index in [1.165, 1.54) is 0 Å². The number of carbonyl (C=O) groups excluding carboxylic acids is 1. The number of hydrogen-bond donors (Lipinski definition) is 2. The van der Waals surface area contributed by atoms with Crippen LogP contribution in [0.15, 0.2) is 66.9 Å². The van der Waals surface area contributed by atoms with Gasteiger partial charge in [0.25, 0.3) is 5.91 Å². The van der Waals surface area contributed by atoms with Crippen molar-refractivity contribution in [2.24, 2.45) is 0 Å². The number of hydrogen-bond acceptors (Lipinski definition) is 5. The molecule has 1 aliphatic rings. The molecule has 2 N–H and O–H groups in total. The smallest absolute Gasteiger partial charge is 0.256 e. The van der Waals surface area contributed by atoms with E-state index >= 15 is 0 Å². The van der Waals surface area contributed by atoms with E-state index in [4.69, 9.17) is 9.47 Å². The maximum absolute atomic E-state index is 12.3. The molecule has 0 fully saturated rings. The number of amides is 1. The van der Waals surface area contributed by atoms with Crippen molar-refractivity contribution < 1.29 is 14.3 Å². The second-order valence-electron chi connectivity index (χ2n) is 5.45. The molecule has 4 rings (SSSR count). The molecule has 0 unspecified atom stereocenters. The molecule has 0 atom stereocenters. The molecule has 0 spiro atoms. The summed E-state index contributed by atoms with van der Waals surface area (Å²) in [4.78, 5) is 16.6. The third kappa shape index (κ3) is 3.37. The fraction of sp³-hybridized carbons (Fsp3) is 0.0526. The fourth-order valence-corrected chi connectivity index (χ4v) is 2.46. The number of ether oxygens (including phenoxy) is 2. The van der Waals surface area contributed by atoms with Crippen LogP contribution in [0.3, 0.4) is 0 Å². The van der Waals surface area contributed by atoms with Gasteiger partial charge in [0.2, 0.25) is 6.79 Å². The Balaban J connectivity index is 1.43. The van der Waals surface area contributed by atoms with Crippen LogP contribution in [0.1, 0.15) is 10.4 Å². The highest BCUT2D eigenvalue weighted by atomic mass is 16.7. The van der Waals surface area contributed by atoms with Gasteiger partial charge < -0.3 is 20.1 Å². The highest BCUT2D eigenvalue weighted by Gasteiger charge is 2.16. The number of carbonyl (C=O) groups is 1. The van der Waals surface area contributed by atoms with Gasteiger partial charge in [0.15, 0.2) is 11.5 Å². The molecule has 1 aromatic heterocycles. The SMILES string of the molecule is O=C(Nc1ccc(Nc2ccccc2)cn1)c1ccc2c(c1)OCO2. The van der Waals surface area contributed by atoms with E-state index in [2.05, 4.69) is 15.6 Å². The molecule has 6 nitrogen and oxygen atoms in total. The van der Waals surface area contributed by atoms with Gasteiger partial charge in [-0.05, 0) is 42.5 Å². The van der Waals surface area contributed by atoms with Gasteiger partial charge in [-0.15, -0.1) is 0 Å². The van der Waals surface area contributed by atoms with E-state index in [9.17, 15) is 4.79 Å². The van der Waals surface area contributed by atoms with Crippen molar-refractivity contribution in [2.45, 2.75) is 0 Å². The van der Waals surface area contributed by atoms with Crippen LogP contribution < -0.4 is 20.1 Å². The Morgan fingerprint density at radius 1 is 0.920 bits per heavy atom. The summed E-state index contributed by atoms with van der Waals surface area (Å²) in [7, 11) is 0. The van der Waals surface area contributed by atoms with Gasteiger partial charge in [0, 0.05) is 11.3 Å². The molecule has 0 saturated heterocycles. The average Bonchev–Trinajstić information content (AvgIpc) is 3.12. The highest BCUT2D eigenvalue weighted by molar-refractivity contribution is 6.04. The Kier molecular flexibility index (Phi) is 3.92. The van der Waals surface area contributed by atoms with E-state index in [0.29, 0.717) is 22.9 Å². The molecule has 1 aliphatic heterocycles. The number of fused-ring (bicyclic) bond motifs is 1. The first-order chi connectivity index (χ1) is 12.3. The maximum atomic E-state index is 12.3. The summed E-state index contributed by atoms with van der Waals surface area (Å²) in [6, 6.07) is 18.5. The summed E-state index contributed by atoms with van der Waals surface area (Å²) in [5.74, 6) is 1.44. The third-order valence-corrected chi connectivity index (χ3v) is 3.70. The average molecular weight is 333 g/mol. The first-order valence-electron chi connectivity index (χ1n) is 7.77. The molecule has 2 heterocycles. The lowest BCUT2D eigenvalue weighted by Gasteiger charge is -2.08. The minimum absolute atomic E-state index is 0.178. The predicted molar refractivity (Wildman–Crippen MR) is 94.5 cm³/mol. The molecule has 6 heteroatoms. The standard InChI is InChI=1S/C19H15N3O3/c23-19(13-6-8-16-17(10-13)25-12-24-16)22-18-9-7-15(11-20-18)21-14-4-2-1-3-5-14/h1-11,21H,12H2,(H,20,22,23). The zero-order valence-corrected chi connectivity index (χ0v) is 13.2. The molecular formula is C19H15N3O3. The summed E-state index contributed by atoms with van der Waals surface area (Å²) in [5.41, 5.74) is 2.30. The van der Waals surface area contributed by atoms with Crippen LogP contribution in [0.5, 0.6) is 11.5 Å². The van der Waals surface area contributed by atoms with E-state index < -0.39 is 0 Å². The Morgan fingerprint density at radius 2 is 1.76 bits per heavy atom. The Bertz CT molecular complexity index is 896. The van der Waals surface area contributed by atoms with Crippen molar-refractivity contribution in [3.8, 4) is 11.5 Å². The molecule has 0 saturated carbocycles. The van der Waals surface area contributed by atoms with Crippen molar-refractivity contribution in [1.82, 2.24) is 4.98 Å². The molecule has 0 bridgehead atoms. The minimum Gasteiger partial charge on any atom is -0.454 e. The second kappa shape index (κ2) is 6.52. The zero-order valence-electron chi connectivity index (χ0n) is 13.2. The van der Waals surface area contributed by atoms with Crippen molar-refractivity contribution in [1.29, 1.82) is 0 Å². The van der Waals surface area contributed by atoms with Crippen LogP contribution in [0.25, 0.3) is 0 Å². The maximum Gasteiger partial charge on any atom is 0.256 e. The molecule has 1 amide bonds. The first kappa shape index (κ1) is 15.0. The lowest BCUT2D eigenvalue weighted by atomic mass is 10.2. The number of pyridine rings is 1. The summed E-state index contributed by atoms with van der Waals surface area (Å²) in [5, 5.41) is 6.01. The zero-order chi connectivity index (χ0) is 17.1. The van der Waals surface area contributed by atoms with Crippen LogP contribution in [0.2, 0.25) is 0 Å². The Labute approximate surface area is 144 Å². The van der Waals surface area contributed by atoms with Gasteiger partial charge in [-0.3, -0.25) is 4.79 Å². The minimum atomic E-state index is -0.255. The van der Waals surface area contributed by atoms with E-state index in [0.717, 1.165) is 11.4 Å². The van der Waals surface area contributed by atoms with Gasteiger partial charge in [0.1, 0.15) is 5.82 Å². The van der Waals surface area contributed by atoms with Crippen molar-refractivity contribution in [2.75, 3.05) is 17.4 Å². The van der Waals surface area contributed by atoms with Gasteiger partial charge >= 0.3 is 0 Å². The molecule has 0 aliphatic carbocycles. The fourth-order valence-electron chi connectivity index (χ4n) is 2.46. The van der Waals surface area contributed by atoms with Gasteiger partial charge in [-0.1, -0.05) is 18.2 Å². The van der Waals surface area contributed by atoms with Crippen molar-refractivity contribution in [3.05, 3.63) is 72.4 Å². The number of benzene rings is 2. The summed E-state index contributed by atoms with van der Waals surface area (Å²) >= 11 is 0. The molecule has 124 valence electrons. The number of aromatic nitrogens is 1. The van der Waals surface area contributed by atoms with Crippen LogP contribution in [0.4, 0.5) is 17.2 Å². The Morgan fingerprint density at radius 3 is 2.56 bits per heavy atom. The van der Waals surface area contributed by atoms with Gasteiger partial charge in [-0.2, -0.15) is 0 Å². The van der Waals surface area contributed by atoms with E-state index in [1.807, 2.05) is 36.4 Å². The number of nitrogens with one attached hydrogen (secondary N) is 2. The number of nitrogens with zero attached hydrogens (tertiary/aromatic N) is 1. The van der Waals surface area contributed by atoms with Crippen LogP contribution in [0, 0.1) is 0 Å². The number of para-hydroxylation sites is 1. The van der Waals surface area contributed by atoms with Crippen molar-refractivity contribution >= 4 is 23.1 Å². The van der Waals surface area contributed by atoms with E-state index in [-0.39, 0.29) is 12.7 Å². The van der Waals surface area contributed by atoms with Crippen LogP contribution >= 0.6 is 0 Å². The van der Waals surface area contributed by atoms with Crippen molar-refractivity contribution in [3.63, 3.8) is 0 Å². The second-order valence-corrected chi connectivity index (χ2v) is 5.45. The molecule has 0 radical (unpaired) electrons. The lowest BCUT2D eigenvalue weighted by molar-refractivity contribution is 0.102. The van der Waals surface area contributed by atoms with E-state index in [1.54, 1.807) is 30.5 Å². The van der Waals surface area contributed by atoms with Crippen LogP contribution in [-0.4, -0.2) is 17.7 Å². The largest absolute Gasteiger partial charge is 0.454 e. The molecular weight excluding hydrogens is 318 g/mol. The Hall–Kier alpha value is -3.54. The monoisotopic (exact) mass is 333 g/mol. The van der Waals surface area contributed by atoms with Gasteiger partial charge in [-0.25, -0.2) is 4.98 Å². The first-order valence-corrected chi connectivity index (χ1v) is 7.77. The summed E-state index contributed by atoms with van der Waals surface area (Å²) in [6.07, 6.45) is 1.67. The van der Waals surface area contributed by atoms with Crippen LogP contribution in [-0.2, 0) is 0 Å².